The molecule has 0 bridgehead atoms. The highest BCUT2D eigenvalue weighted by atomic mass is 32.2. The van der Waals surface area contributed by atoms with Gasteiger partial charge in [-0.3, -0.25) is 20.2 Å². The van der Waals surface area contributed by atoms with Gasteiger partial charge in [0.15, 0.2) is 21.3 Å². The number of ether oxygens (including phenoxy) is 5. The average molecular weight is 589 g/mol. The van der Waals surface area contributed by atoms with Gasteiger partial charge in [0, 0.05) is 29.7 Å². The molecule has 0 aliphatic heterocycles. The molecule has 0 N–H and O–H groups in total. The number of carbonyl (C=O) groups excluding carboxylic acids is 1. The number of esters is 1. The van der Waals surface area contributed by atoms with E-state index in [1.54, 1.807) is 12.1 Å². The highest BCUT2D eigenvalue weighted by molar-refractivity contribution is 7.93. The van der Waals surface area contributed by atoms with Crippen LogP contribution in [0.15, 0.2) is 53.9 Å². The van der Waals surface area contributed by atoms with Crippen molar-refractivity contribution in [3.63, 3.8) is 0 Å². The van der Waals surface area contributed by atoms with Crippen molar-refractivity contribution in [3.05, 3.63) is 90.9 Å². The molecule has 0 saturated carbocycles. The predicted octanol–water partition coefficient (Wildman–Crippen LogP) is 4.34. The zero-order chi connectivity index (χ0) is 30.3. The number of carbonyl (C=O) groups is 1. The van der Waals surface area contributed by atoms with E-state index in [0.717, 1.165) is 17.5 Å². The lowest BCUT2D eigenvalue weighted by Gasteiger charge is -2.13. The van der Waals surface area contributed by atoms with Crippen LogP contribution in [-0.2, 0) is 15.6 Å². The Labute approximate surface area is 233 Å². The Bertz CT molecular complexity index is 1580. The molecule has 216 valence electrons. The monoisotopic (exact) mass is 588 g/mol. The molecule has 15 heteroatoms. The molecule has 14 nitrogen and oxygen atoms in total. The second-order valence-corrected chi connectivity index (χ2v) is 10.1. The summed E-state index contributed by atoms with van der Waals surface area (Å²) >= 11 is 0. The van der Waals surface area contributed by atoms with E-state index in [9.17, 15) is 33.4 Å². The Morgan fingerprint density at radius 1 is 0.780 bits per heavy atom. The minimum atomic E-state index is -3.90. The zero-order valence-electron chi connectivity index (χ0n) is 22.2. The van der Waals surface area contributed by atoms with Crippen molar-refractivity contribution in [3.8, 4) is 28.7 Å². The van der Waals surface area contributed by atoms with Crippen molar-refractivity contribution >= 4 is 33.3 Å². The second kappa shape index (κ2) is 12.8. The number of nitro groups is 2. The van der Waals surface area contributed by atoms with Crippen molar-refractivity contribution in [2.24, 2.45) is 0 Å². The normalized spacial score (nSPS) is 11.1. The first kappa shape index (κ1) is 30.4. The molecule has 0 fully saturated rings. The van der Waals surface area contributed by atoms with Crippen molar-refractivity contribution in [1.82, 2.24) is 0 Å². The van der Waals surface area contributed by atoms with E-state index in [4.69, 9.17) is 23.7 Å². The summed E-state index contributed by atoms with van der Waals surface area (Å²) in [6.07, 6.45) is 1.31. The van der Waals surface area contributed by atoms with Crippen LogP contribution in [0.25, 0.3) is 6.08 Å². The molecule has 0 saturated heterocycles. The van der Waals surface area contributed by atoms with Gasteiger partial charge >= 0.3 is 5.97 Å². The maximum absolute atomic E-state index is 12.9. The molecule has 0 atom stereocenters. The van der Waals surface area contributed by atoms with Gasteiger partial charge in [0.25, 0.3) is 11.4 Å². The Kier molecular flexibility index (Phi) is 9.47. The van der Waals surface area contributed by atoms with E-state index in [1.807, 2.05) is 0 Å². The molecule has 3 aromatic rings. The summed E-state index contributed by atoms with van der Waals surface area (Å²) in [5.74, 6) is -0.765. The molecule has 0 spiro atoms. The molecule has 0 unspecified atom stereocenters. The van der Waals surface area contributed by atoms with Crippen LogP contribution in [0, 0.1) is 20.2 Å². The van der Waals surface area contributed by atoms with E-state index >= 15 is 0 Å². The minimum absolute atomic E-state index is 0.0441. The van der Waals surface area contributed by atoms with E-state index in [1.165, 1.54) is 52.7 Å². The predicted molar refractivity (Wildman–Crippen MR) is 145 cm³/mol. The highest BCUT2D eigenvalue weighted by Gasteiger charge is 2.23. The number of sulfone groups is 1. The molecule has 41 heavy (non-hydrogen) atoms. The number of nitrogens with zero attached hydrogens (tertiary/aromatic N) is 2. The minimum Gasteiger partial charge on any atom is -0.496 e. The zero-order valence-corrected chi connectivity index (χ0v) is 23.0. The Morgan fingerprint density at radius 3 is 1.83 bits per heavy atom. The number of hydrogen-bond donors (Lipinski definition) is 0. The third-order valence-electron chi connectivity index (χ3n) is 5.55. The number of rotatable bonds is 12. The van der Waals surface area contributed by atoms with Gasteiger partial charge in [0.2, 0.25) is 0 Å². The van der Waals surface area contributed by atoms with E-state index < -0.39 is 48.3 Å². The van der Waals surface area contributed by atoms with Crippen LogP contribution < -0.4 is 23.7 Å². The van der Waals surface area contributed by atoms with Crippen LogP contribution in [0.5, 0.6) is 28.7 Å². The molecule has 3 rings (SSSR count). The summed E-state index contributed by atoms with van der Waals surface area (Å²) in [5, 5.41) is 23.3. The Balaban J connectivity index is 1.90. The van der Waals surface area contributed by atoms with Crippen LogP contribution in [0.1, 0.15) is 21.5 Å². The van der Waals surface area contributed by atoms with Crippen molar-refractivity contribution in [2.75, 3.05) is 28.4 Å². The topological polar surface area (TPSA) is 184 Å². The highest BCUT2D eigenvalue weighted by Crippen LogP contribution is 2.36. The van der Waals surface area contributed by atoms with E-state index in [0.29, 0.717) is 28.9 Å². The first-order valence-corrected chi connectivity index (χ1v) is 13.2. The Morgan fingerprint density at radius 2 is 1.34 bits per heavy atom. The second-order valence-electron chi connectivity index (χ2n) is 8.18. The lowest BCUT2D eigenvalue weighted by Crippen LogP contribution is -2.11. The quantitative estimate of drug-likeness (QED) is 0.126. The fourth-order valence-corrected chi connectivity index (χ4v) is 4.71. The van der Waals surface area contributed by atoms with Crippen LogP contribution in [0.4, 0.5) is 11.4 Å². The van der Waals surface area contributed by atoms with Crippen molar-refractivity contribution in [1.29, 1.82) is 0 Å². The van der Waals surface area contributed by atoms with Crippen LogP contribution in [-0.4, -0.2) is 52.7 Å². The third kappa shape index (κ3) is 7.48. The molecule has 0 amide bonds. The van der Waals surface area contributed by atoms with Gasteiger partial charge in [0.05, 0.1) is 61.2 Å². The van der Waals surface area contributed by atoms with Crippen LogP contribution >= 0.6 is 0 Å². The molecular formula is C26H24N2O12S. The fourth-order valence-electron chi connectivity index (χ4n) is 3.62. The summed E-state index contributed by atoms with van der Waals surface area (Å²) in [6, 6.07) is 9.52. The first-order valence-electron chi connectivity index (χ1n) is 11.4. The lowest BCUT2D eigenvalue weighted by molar-refractivity contribution is -0.394. The molecule has 0 aliphatic carbocycles. The molecule has 0 aliphatic rings. The number of benzene rings is 3. The molecule has 0 radical (unpaired) electrons. The SMILES string of the molecule is COc1cc(OC)c(C=CS(=O)(=O)Cc2ccc(OC)c(OC(=O)c3cc([N+](=O)[O-])cc([N+](=O)[O-])c3)c2)c(OC)c1. The van der Waals surface area contributed by atoms with Crippen molar-refractivity contribution in [2.45, 2.75) is 5.75 Å². The van der Waals surface area contributed by atoms with Gasteiger partial charge in [0.1, 0.15) is 17.2 Å². The summed E-state index contributed by atoms with van der Waals surface area (Å²) in [6.45, 7) is 0. The summed E-state index contributed by atoms with van der Waals surface area (Å²) in [5.41, 5.74) is -1.27. The number of hydrogen-bond acceptors (Lipinski definition) is 12. The van der Waals surface area contributed by atoms with Crippen molar-refractivity contribution < 1.29 is 46.7 Å². The Hall–Kier alpha value is -5.18. The molecule has 3 aromatic carbocycles. The largest absolute Gasteiger partial charge is 0.496 e. The van der Waals surface area contributed by atoms with Crippen LogP contribution in [0.2, 0.25) is 0 Å². The summed E-state index contributed by atoms with van der Waals surface area (Å²) < 4.78 is 52.2. The fraction of sp³-hybridized carbons (Fsp3) is 0.192. The summed E-state index contributed by atoms with van der Waals surface area (Å²) in [7, 11) is 1.66. The summed E-state index contributed by atoms with van der Waals surface area (Å²) in [4.78, 5) is 33.3. The maximum atomic E-state index is 12.9. The number of nitro benzene ring substituents is 2. The maximum Gasteiger partial charge on any atom is 0.344 e. The van der Waals surface area contributed by atoms with Gasteiger partial charge in [-0.1, -0.05) is 6.07 Å². The lowest BCUT2D eigenvalue weighted by atomic mass is 10.1. The molecule has 0 aromatic heterocycles. The average Bonchev–Trinajstić information content (AvgIpc) is 2.95. The van der Waals surface area contributed by atoms with E-state index in [-0.39, 0.29) is 17.1 Å². The third-order valence-corrected chi connectivity index (χ3v) is 6.84. The van der Waals surface area contributed by atoms with E-state index in [2.05, 4.69) is 0 Å². The molecular weight excluding hydrogens is 564 g/mol. The van der Waals surface area contributed by atoms with Gasteiger partial charge < -0.3 is 23.7 Å². The molecule has 0 heterocycles. The standard InChI is InChI=1S/C26H24N2O12S/c1-36-20-13-23(38-3)21(24(14-20)39-4)7-8-41(34,35)15-16-5-6-22(37-2)25(9-16)40-26(29)17-10-18(27(30)31)12-19(11-17)28(32)33/h5-14H,15H2,1-4H3. The number of methoxy groups -OCH3 is 4. The van der Waals surface area contributed by atoms with Gasteiger partial charge in [-0.15, -0.1) is 0 Å². The first-order chi connectivity index (χ1) is 19.4. The van der Waals surface area contributed by atoms with Gasteiger partial charge in [-0.05, 0) is 23.8 Å². The smallest absolute Gasteiger partial charge is 0.344 e. The van der Waals surface area contributed by atoms with Gasteiger partial charge in [-0.25, -0.2) is 13.2 Å². The number of non-ortho nitro benzene ring substituents is 2. The van der Waals surface area contributed by atoms with Gasteiger partial charge in [-0.2, -0.15) is 0 Å². The van der Waals surface area contributed by atoms with Crippen LogP contribution in [0.3, 0.4) is 0 Å².